The number of rotatable bonds is 7. The third-order valence-corrected chi connectivity index (χ3v) is 5.29. The Morgan fingerprint density at radius 2 is 2.23 bits per heavy atom. The first kappa shape index (κ1) is 21.1. The van der Waals surface area contributed by atoms with Crippen molar-refractivity contribution >= 4 is 34.4 Å². The van der Waals surface area contributed by atoms with Crippen LogP contribution < -0.4 is 21.3 Å². The van der Waals surface area contributed by atoms with E-state index in [2.05, 4.69) is 20.3 Å². The number of H-pyrrole nitrogens is 2. The Bertz CT molecular complexity index is 1220. The van der Waals surface area contributed by atoms with Gasteiger partial charge in [-0.1, -0.05) is 11.6 Å². The summed E-state index contributed by atoms with van der Waals surface area (Å²) >= 11 is 6.08. The lowest BCUT2D eigenvalue weighted by Gasteiger charge is -2.15. The lowest BCUT2D eigenvalue weighted by molar-refractivity contribution is -0.116. The Hall–Kier alpha value is -3.11. The molecule has 1 fully saturated rings. The van der Waals surface area contributed by atoms with Crippen LogP contribution in [0, 0.1) is 0 Å². The van der Waals surface area contributed by atoms with Crippen LogP contribution in [0.1, 0.15) is 25.1 Å². The number of carbonyl (C=O) groups excluding carboxylic acids is 1. The zero-order valence-electron chi connectivity index (χ0n) is 16.9. The number of aromatic amines is 2. The van der Waals surface area contributed by atoms with Crippen molar-refractivity contribution in [3.8, 4) is 5.75 Å². The Kier molecular flexibility index (Phi) is 6.10. The van der Waals surface area contributed by atoms with Crippen LogP contribution in [0.2, 0.25) is 5.02 Å². The fourth-order valence-electron chi connectivity index (χ4n) is 3.40. The maximum atomic E-state index is 12.5. The molecule has 10 nitrogen and oxygen atoms in total. The van der Waals surface area contributed by atoms with Gasteiger partial charge in [-0.05, 0) is 31.0 Å². The number of hydrogen-bond acceptors (Lipinski definition) is 6. The first-order chi connectivity index (χ1) is 14.9. The maximum absolute atomic E-state index is 12.5. The largest absolute Gasteiger partial charge is 0.489 e. The van der Waals surface area contributed by atoms with Gasteiger partial charge >= 0.3 is 5.69 Å². The van der Waals surface area contributed by atoms with Gasteiger partial charge in [0.15, 0.2) is 5.65 Å². The highest BCUT2D eigenvalue weighted by molar-refractivity contribution is 6.31. The van der Waals surface area contributed by atoms with Gasteiger partial charge in [-0.25, -0.2) is 9.78 Å². The molecule has 1 atom stereocenters. The molecule has 4 rings (SSSR count). The van der Waals surface area contributed by atoms with E-state index in [1.807, 2.05) is 0 Å². The van der Waals surface area contributed by atoms with E-state index >= 15 is 0 Å². The van der Waals surface area contributed by atoms with Crippen LogP contribution in [0.4, 0.5) is 5.69 Å². The van der Waals surface area contributed by atoms with Crippen LogP contribution in [0.15, 0.2) is 27.8 Å². The Balaban J connectivity index is 1.42. The van der Waals surface area contributed by atoms with Crippen LogP contribution in [0.25, 0.3) is 11.2 Å². The number of benzene rings is 1. The van der Waals surface area contributed by atoms with Crippen molar-refractivity contribution in [2.24, 2.45) is 7.05 Å². The highest BCUT2D eigenvalue weighted by Crippen LogP contribution is 2.29. The molecule has 0 saturated carbocycles. The summed E-state index contributed by atoms with van der Waals surface area (Å²) in [6, 6.07) is 5.03. The average Bonchev–Trinajstić information content (AvgIpc) is 3.40. The summed E-state index contributed by atoms with van der Waals surface area (Å²) in [5.41, 5.74) is -0.196. The van der Waals surface area contributed by atoms with Gasteiger partial charge in [-0.2, -0.15) is 0 Å². The number of aryl methyl sites for hydroxylation is 2. The van der Waals surface area contributed by atoms with Crippen molar-refractivity contribution in [3.63, 3.8) is 0 Å². The molecule has 0 aliphatic carbocycles. The minimum Gasteiger partial charge on any atom is -0.489 e. The predicted octanol–water partition coefficient (Wildman–Crippen LogP) is 1.73. The molecule has 1 saturated heterocycles. The van der Waals surface area contributed by atoms with E-state index in [4.69, 9.17) is 21.1 Å². The molecule has 0 spiro atoms. The summed E-state index contributed by atoms with van der Waals surface area (Å²) in [5.74, 6) is 0.670. The third kappa shape index (κ3) is 4.80. The van der Waals surface area contributed by atoms with Gasteiger partial charge in [0, 0.05) is 31.5 Å². The fourth-order valence-corrected chi connectivity index (χ4v) is 3.57. The molecule has 0 radical (unpaired) electrons. The Morgan fingerprint density at radius 3 is 3.00 bits per heavy atom. The SMILES string of the molecule is Cn1c(=O)[nH]c(=O)c2[nH]c(CCC(=O)Nc3cc(Cl)ccc3OCC3CCCO3)nc21. The molecular weight excluding hydrogens is 426 g/mol. The van der Waals surface area contributed by atoms with Gasteiger partial charge in [0.25, 0.3) is 5.56 Å². The van der Waals surface area contributed by atoms with E-state index in [9.17, 15) is 14.4 Å². The zero-order chi connectivity index (χ0) is 22.0. The second kappa shape index (κ2) is 8.94. The number of amides is 1. The number of ether oxygens (including phenoxy) is 2. The van der Waals surface area contributed by atoms with Crippen molar-refractivity contribution in [2.45, 2.75) is 31.8 Å². The minimum atomic E-state index is -0.551. The summed E-state index contributed by atoms with van der Waals surface area (Å²) in [6.45, 7) is 1.14. The molecule has 3 N–H and O–H groups in total. The summed E-state index contributed by atoms with van der Waals surface area (Å²) in [4.78, 5) is 45.5. The maximum Gasteiger partial charge on any atom is 0.329 e. The summed E-state index contributed by atoms with van der Waals surface area (Å²) in [6.07, 6.45) is 2.36. The molecule has 1 aromatic carbocycles. The van der Waals surface area contributed by atoms with Crippen molar-refractivity contribution in [1.82, 2.24) is 19.5 Å². The summed E-state index contributed by atoms with van der Waals surface area (Å²) in [7, 11) is 1.51. The lowest BCUT2D eigenvalue weighted by Crippen LogP contribution is -2.28. The second-order valence-corrected chi connectivity index (χ2v) is 7.77. The molecule has 1 amide bonds. The third-order valence-electron chi connectivity index (χ3n) is 5.06. The monoisotopic (exact) mass is 447 g/mol. The molecule has 3 aromatic rings. The summed E-state index contributed by atoms with van der Waals surface area (Å²) < 4.78 is 12.6. The molecule has 2 aromatic heterocycles. The van der Waals surface area contributed by atoms with Crippen LogP contribution in [-0.2, 0) is 23.0 Å². The number of nitrogens with one attached hydrogen (secondary N) is 3. The highest BCUT2D eigenvalue weighted by atomic mass is 35.5. The van der Waals surface area contributed by atoms with Gasteiger partial charge in [0.05, 0.1) is 11.8 Å². The van der Waals surface area contributed by atoms with Crippen molar-refractivity contribution in [3.05, 3.63) is 49.9 Å². The van der Waals surface area contributed by atoms with Crippen LogP contribution in [0.5, 0.6) is 5.75 Å². The predicted molar refractivity (Wildman–Crippen MR) is 115 cm³/mol. The van der Waals surface area contributed by atoms with Gasteiger partial charge < -0.3 is 19.8 Å². The van der Waals surface area contributed by atoms with Crippen LogP contribution in [0.3, 0.4) is 0 Å². The molecule has 1 aliphatic heterocycles. The van der Waals surface area contributed by atoms with E-state index in [0.717, 1.165) is 19.4 Å². The average molecular weight is 448 g/mol. The Labute approximate surface area is 181 Å². The zero-order valence-corrected chi connectivity index (χ0v) is 17.6. The van der Waals surface area contributed by atoms with Crippen LogP contribution in [-0.4, -0.2) is 44.7 Å². The second-order valence-electron chi connectivity index (χ2n) is 7.34. The highest BCUT2D eigenvalue weighted by Gasteiger charge is 2.18. The molecule has 1 aliphatic rings. The van der Waals surface area contributed by atoms with Crippen LogP contribution >= 0.6 is 11.6 Å². The standard InChI is InChI=1S/C20H22ClN5O5/c1-26-18-17(19(28)25-20(26)29)23-15(24-18)6-7-16(27)22-13-9-11(21)4-5-14(13)31-10-12-3-2-8-30-12/h4-5,9,12H,2-3,6-8,10H2,1H3,(H,22,27)(H,23,24)(H,25,28,29). The first-order valence-electron chi connectivity index (χ1n) is 9.92. The lowest BCUT2D eigenvalue weighted by atomic mass is 10.2. The number of hydrogen-bond donors (Lipinski definition) is 3. The quantitative estimate of drug-likeness (QED) is 0.505. The number of imidazole rings is 1. The van der Waals surface area contributed by atoms with E-state index in [1.165, 1.54) is 11.6 Å². The van der Waals surface area contributed by atoms with Crippen molar-refractivity contribution in [2.75, 3.05) is 18.5 Å². The Morgan fingerprint density at radius 1 is 1.39 bits per heavy atom. The van der Waals surface area contributed by atoms with Crippen molar-refractivity contribution < 1.29 is 14.3 Å². The van der Waals surface area contributed by atoms with Gasteiger partial charge in [-0.15, -0.1) is 0 Å². The molecule has 164 valence electrons. The molecule has 31 heavy (non-hydrogen) atoms. The normalized spacial score (nSPS) is 16.0. The molecule has 1 unspecified atom stereocenters. The van der Waals surface area contributed by atoms with Gasteiger partial charge in [-0.3, -0.25) is 19.1 Å². The number of nitrogens with zero attached hydrogens (tertiary/aromatic N) is 2. The minimum absolute atomic E-state index is 0.0476. The van der Waals surface area contributed by atoms with Gasteiger partial charge in [0.1, 0.15) is 23.7 Å². The number of aromatic nitrogens is 4. The summed E-state index contributed by atoms with van der Waals surface area (Å²) in [5, 5.41) is 3.28. The molecule has 0 bridgehead atoms. The topological polar surface area (TPSA) is 131 Å². The van der Waals surface area contributed by atoms with E-state index in [1.54, 1.807) is 18.2 Å². The number of carbonyl (C=O) groups is 1. The fraction of sp³-hybridized carbons (Fsp3) is 0.400. The van der Waals surface area contributed by atoms with Crippen molar-refractivity contribution in [1.29, 1.82) is 0 Å². The number of anilines is 1. The smallest absolute Gasteiger partial charge is 0.329 e. The van der Waals surface area contributed by atoms with E-state index in [-0.39, 0.29) is 36.0 Å². The molecule has 11 heteroatoms. The molecule has 3 heterocycles. The number of fused-ring (bicyclic) bond motifs is 1. The number of halogens is 1. The van der Waals surface area contributed by atoms with E-state index in [0.29, 0.717) is 28.9 Å². The first-order valence-corrected chi connectivity index (χ1v) is 10.3. The molecular formula is C20H22ClN5O5. The van der Waals surface area contributed by atoms with Gasteiger partial charge in [0.2, 0.25) is 5.91 Å². The van der Waals surface area contributed by atoms with E-state index < -0.39 is 11.2 Å².